The summed E-state index contributed by atoms with van der Waals surface area (Å²) in [6.07, 6.45) is 12.7. The van der Waals surface area contributed by atoms with E-state index in [2.05, 4.69) is 6.92 Å². The zero-order valence-electron chi connectivity index (χ0n) is 26.1. The highest BCUT2D eigenvalue weighted by Gasteiger charge is 2.16. The summed E-state index contributed by atoms with van der Waals surface area (Å²) in [6, 6.07) is 22.0. The number of ether oxygens (including phenoxy) is 4. The smallest absolute Gasteiger partial charge is 0.347 e. The van der Waals surface area contributed by atoms with Gasteiger partial charge >= 0.3 is 11.9 Å². The standard InChI is InChI=1S/C37H48O6/c1-4-6-8-9-10-11-12-13-14-28-40-33-21-19-31(20-22-33)30-15-17-32(18-16-30)37(39)43-35-25-23-34(24-26-35)42-29(3)36(38)41-27-7-5-2/h15-26,29H,4-14,27-28H2,1-3H3. The lowest BCUT2D eigenvalue weighted by atomic mass is 10.0. The first-order chi connectivity index (χ1) is 21.0. The third-order valence-corrected chi connectivity index (χ3v) is 7.25. The molecule has 0 bridgehead atoms. The first kappa shape index (κ1) is 33.7. The van der Waals surface area contributed by atoms with Crippen molar-refractivity contribution in [1.82, 2.24) is 0 Å². The minimum absolute atomic E-state index is 0.387. The number of carbonyl (C=O) groups excluding carboxylic acids is 2. The zero-order valence-corrected chi connectivity index (χ0v) is 26.1. The van der Waals surface area contributed by atoms with Crippen LogP contribution in [0.1, 0.15) is 102 Å². The molecular weight excluding hydrogens is 540 g/mol. The molecule has 3 aromatic rings. The van der Waals surface area contributed by atoms with Gasteiger partial charge in [-0.2, -0.15) is 0 Å². The Labute approximate surface area is 257 Å². The Hall–Kier alpha value is -3.80. The van der Waals surface area contributed by atoms with E-state index in [-0.39, 0.29) is 0 Å². The quantitative estimate of drug-likeness (QED) is 0.0743. The van der Waals surface area contributed by atoms with Crippen molar-refractivity contribution in [3.05, 3.63) is 78.4 Å². The molecule has 0 heterocycles. The molecule has 0 aromatic heterocycles. The Morgan fingerprint density at radius 2 is 1.09 bits per heavy atom. The third kappa shape index (κ3) is 12.5. The van der Waals surface area contributed by atoms with E-state index in [4.69, 9.17) is 18.9 Å². The van der Waals surface area contributed by atoms with Crippen molar-refractivity contribution in [2.75, 3.05) is 13.2 Å². The SMILES string of the molecule is CCCCCCCCCCCOc1ccc(-c2ccc(C(=O)Oc3ccc(OC(C)C(=O)OCCCC)cc3)cc2)cc1. The third-order valence-electron chi connectivity index (χ3n) is 7.25. The van der Waals surface area contributed by atoms with Crippen LogP contribution in [0.2, 0.25) is 0 Å². The van der Waals surface area contributed by atoms with Crippen molar-refractivity contribution in [2.45, 2.75) is 97.5 Å². The molecule has 0 saturated heterocycles. The Kier molecular flexibility index (Phi) is 15.2. The highest BCUT2D eigenvalue weighted by molar-refractivity contribution is 5.91. The van der Waals surface area contributed by atoms with Gasteiger partial charge < -0.3 is 18.9 Å². The lowest BCUT2D eigenvalue weighted by Gasteiger charge is -2.14. The van der Waals surface area contributed by atoms with Crippen LogP contribution in [-0.2, 0) is 9.53 Å². The van der Waals surface area contributed by atoms with Crippen LogP contribution in [0.5, 0.6) is 17.2 Å². The van der Waals surface area contributed by atoms with Crippen LogP contribution >= 0.6 is 0 Å². The highest BCUT2D eigenvalue weighted by atomic mass is 16.6. The number of rotatable bonds is 20. The number of benzene rings is 3. The number of esters is 2. The molecule has 1 atom stereocenters. The Bertz CT molecular complexity index is 1200. The van der Waals surface area contributed by atoms with E-state index in [9.17, 15) is 9.59 Å². The van der Waals surface area contributed by atoms with Gasteiger partial charge in [0.1, 0.15) is 17.2 Å². The molecule has 0 fully saturated rings. The largest absolute Gasteiger partial charge is 0.494 e. The summed E-state index contributed by atoms with van der Waals surface area (Å²) in [5.41, 5.74) is 2.51. The minimum Gasteiger partial charge on any atom is -0.494 e. The maximum Gasteiger partial charge on any atom is 0.347 e. The van der Waals surface area contributed by atoms with Gasteiger partial charge in [0, 0.05) is 0 Å². The summed E-state index contributed by atoms with van der Waals surface area (Å²) in [5, 5.41) is 0. The molecule has 0 N–H and O–H groups in total. The zero-order chi connectivity index (χ0) is 30.7. The summed E-state index contributed by atoms with van der Waals surface area (Å²) in [5.74, 6) is 0.900. The van der Waals surface area contributed by atoms with Crippen molar-refractivity contribution in [3.63, 3.8) is 0 Å². The minimum atomic E-state index is -0.725. The molecule has 1 unspecified atom stereocenters. The maximum absolute atomic E-state index is 12.7. The second-order valence-electron chi connectivity index (χ2n) is 10.9. The van der Waals surface area contributed by atoms with Gasteiger partial charge in [-0.05, 0) is 79.4 Å². The van der Waals surface area contributed by atoms with Crippen molar-refractivity contribution < 1.29 is 28.5 Å². The first-order valence-electron chi connectivity index (χ1n) is 16.0. The van der Waals surface area contributed by atoms with E-state index >= 15 is 0 Å². The van der Waals surface area contributed by atoms with Gasteiger partial charge in [-0.25, -0.2) is 9.59 Å². The molecule has 3 rings (SSSR count). The van der Waals surface area contributed by atoms with Crippen molar-refractivity contribution in [2.24, 2.45) is 0 Å². The molecule has 0 aliphatic carbocycles. The average molecular weight is 589 g/mol. The van der Waals surface area contributed by atoms with Gasteiger partial charge in [-0.1, -0.05) is 95.9 Å². The van der Waals surface area contributed by atoms with Crippen molar-refractivity contribution >= 4 is 11.9 Å². The van der Waals surface area contributed by atoms with E-state index in [1.54, 1.807) is 43.3 Å². The van der Waals surface area contributed by atoms with E-state index < -0.39 is 18.0 Å². The number of hydrogen-bond acceptors (Lipinski definition) is 6. The van der Waals surface area contributed by atoms with Crippen molar-refractivity contribution in [3.8, 4) is 28.4 Å². The Morgan fingerprint density at radius 1 is 0.581 bits per heavy atom. The van der Waals surface area contributed by atoms with Crippen LogP contribution in [0.4, 0.5) is 0 Å². The predicted molar refractivity (Wildman–Crippen MR) is 172 cm³/mol. The monoisotopic (exact) mass is 588 g/mol. The fraction of sp³-hybridized carbons (Fsp3) is 0.459. The van der Waals surface area contributed by atoms with Crippen LogP contribution < -0.4 is 14.2 Å². The molecule has 0 aliphatic rings. The molecular formula is C37H48O6. The second-order valence-corrected chi connectivity index (χ2v) is 10.9. The molecule has 0 radical (unpaired) electrons. The summed E-state index contributed by atoms with van der Waals surface area (Å²) in [4.78, 5) is 24.7. The number of carbonyl (C=O) groups is 2. The normalized spacial score (nSPS) is 11.5. The average Bonchev–Trinajstić information content (AvgIpc) is 3.03. The van der Waals surface area contributed by atoms with Crippen molar-refractivity contribution in [1.29, 1.82) is 0 Å². The number of hydrogen-bond donors (Lipinski definition) is 0. The van der Waals surface area contributed by atoms with Gasteiger partial charge in [-0.15, -0.1) is 0 Å². The molecule has 0 amide bonds. The molecule has 0 aliphatic heterocycles. The van der Waals surface area contributed by atoms with E-state index in [1.807, 2.05) is 43.3 Å². The molecule has 6 nitrogen and oxygen atoms in total. The van der Waals surface area contributed by atoms with E-state index in [0.717, 1.165) is 42.7 Å². The lowest BCUT2D eigenvalue weighted by Crippen LogP contribution is -2.26. The second kappa shape index (κ2) is 19.4. The fourth-order valence-corrected chi connectivity index (χ4v) is 4.58. The molecule has 3 aromatic carbocycles. The number of unbranched alkanes of at least 4 members (excludes halogenated alkanes) is 9. The van der Waals surface area contributed by atoms with E-state index in [0.29, 0.717) is 23.7 Å². The highest BCUT2D eigenvalue weighted by Crippen LogP contribution is 2.24. The maximum atomic E-state index is 12.7. The van der Waals surface area contributed by atoms with Crippen LogP contribution in [0.25, 0.3) is 11.1 Å². The fourth-order valence-electron chi connectivity index (χ4n) is 4.58. The molecule has 43 heavy (non-hydrogen) atoms. The predicted octanol–water partition coefficient (Wildman–Crippen LogP) is 9.59. The summed E-state index contributed by atoms with van der Waals surface area (Å²) < 4.78 is 22.3. The molecule has 0 spiro atoms. The van der Waals surface area contributed by atoms with Gasteiger partial charge in [0.05, 0.1) is 18.8 Å². The van der Waals surface area contributed by atoms with Crippen LogP contribution in [0.3, 0.4) is 0 Å². The van der Waals surface area contributed by atoms with E-state index in [1.165, 1.54) is 51.4 Å². The van der Waals surface area contributed by atoms with Gasteiger partial charge in [0.25, 0.3) is 0 Å². The lowest BCUT2D eigenvalue weighted by molar-refractivity contribution is -0.151. The molecule has 0 saturated carbocycles. The van der Waals surface area contributed by atoms with Gasteiger partial charge in [0.15, 0.2) is 6.10 Å². The molecule has 232 valence electrons. The topological polar surface area (TPSA) is 71.1 Å². The summed E-state index contributed by atoms with van der Waals surface area (Å²) in [7, 11) is 0. The Balaban J connectivity index is 1.39. The van der Waals surface area contributed by atoms with Gasteiger partial charge in [-0.3, -0.25) is 0 Å². The summed E-state index contributed by atoms with van der Waals surface area (Å²) >= 11 is 0. The Morgan fingerprint density at radius 3 is 1.70 bits per heavy atom. The van der Waals surface area contributed by atoms with Crippen LogP contribution in [0.15, 0.2) is 72.8 Å². The first-order valence-corrected chi connectivity index (χ1v) is 16.0. The summed E-state index contributed by atoms with van der Waals surface area (Å²) in [6.45, 7) is 7.07. The van der Waals surface area contributed by atoms with Crippen LogP contribution in [0, 0.1) is 0 Å². The molecule has 6 heteroatoms. The van der Waals surface area contributed by atoms with Crippen LogP contribution in [-0.4, -0.2) is 31.3 Å². The van der Waals surface area contributed by atoms with Gasteiger partial charge in [0.2, 0.25) is 0 Å².